The van der Waals surface area contributed by atoms with E-state index in [1.54, 1.807) is 30.3 Å². The molecule has 1 heterocycles. The molecule has 6 nitrogen and oxygen atoms in total. The minimum Gasteiger partial charge on any atom is -0.325 e. The first-order valence-electron chi connectivity index (χ1n) is 10.5. The predicted octanol–water partition coefficient (Wildman–Crippen LogP) is 3.93. The Morgan fingerprint density at radius 1 is 1.10 bits per heavy atom. The maximum absolute atomic E-state index is 13.3. The molecule has 2 aromatic rings. The highest BCUT2D eigenvalue weighted by molar-refractivity contribution is 7.89. The lowest BCUT2D eigenvalue weighted by molar-refractivity contribution is -0.115. The van der Waals surface area contributed by atoms with Crippen LogP contribution in [-0.4, -0.2) is 38.3 Å². The van der Waals surface area contributed by atoms with Gasteiger partial charge in [0.25, 0.3) is 0 Å². The summed E-state index contributed by atoms with van der Waals surface area (Å²) in [7, 11) is -3.55. The van der Waals surface area contributed by atoms with Gasteiger partial charge < -0.3 is 10.6 Å². The molecule has 1 aliphatic heterocycles. The van der Waals surface area contributed by atoms with Crippen molar-refractivity contribution in [3.8, 4) is 0 Å². The molecule has 3 rings (SSSR count). The Bertz CT molecular complexity index is 1010. The maximum atomic E-state index is 13.3. The summed E-state index contributed by atoms with van der Waals surface area (Å²) in [6, 6.07) is 12.4. The largest absolute Gasteiger partial charge is 0.325 e. The van der Waals surface area contributed by atoms with E-state index in [0.717, 1.165) is 18.4 Å². The Morgan fingerprint density at radius 2 is 1.74 bits per heavy atom. The predicted molar refractivity (Wildman–Crippen MR) is 120 cm³/mol. The maximum Gasteiger partial charge on any atom is 0.243 e. The zero-order chi connectivity index (χ0) is 22.6. The minimum absolute atomic E-state index is 0.0302. The number of anilines is 1. The molecule has 1 saturated heterocycles. The first kappa shape index (κ1) is 23.4. The van der Waals surface area contributed by atoms with E-state index in [2.05, 4.69) is 10.6 Å². The Kier molecular flexibility index (Phi) is 7.13. The lowest BCUT2D eigenvalue weighted by atomic mass is 9.82. The molecule has 1 amide bonds. The van der Waals surface area contributed by atoms with Crippen LogP contribution in [0.2, 0.25) is 0 Å². The average molecular weight is 448 g/mol. The van der Waals surface area contributed by atoms with Gasteiger partial charge in [0, 0.05) is 24.8 Å². The third-order valence-corrected chi connectivity index (χ3v) is 7.25. The third-order valence-electron chi connectivity index (χ3n) is 5.36. The van der Waals surface area contributed by atoms with E-state index in [1.165, 1.54) is 22.5 Å². The van der Waals surface area contributed by atoms with Crippen molar-refractivity contribution in [3.63, 3.8) is 0 Å². The van der Waals surface area contributed by atoms with Gasteiger partial charge in [0.2, 0.25) is 15.9 Å². The van der Waals surface area contributed by atoms with Crippen LogP contribution in [0.15, 0.2) is 53.4 Å². The molecule has 2 N–H and O–H groups in total. The molecule has 0 aliphatic carbocycles. The molecule has 8 heteroatoms. The summed E-state index contributed by atoms with van der Waals surface area (Å²) < 4.78 is 40.3. The number of halogens is 1. The van der Waals surface area contributed by atoms with Crippen LogP contribution in [0, 0.1) is 11.2 Å². The van der Waals surface area contributed by atoms with Crippen LogP contribution in [0.3, 0.4) is 0 Å². The van der Waals surface area contributed by atoms with E-state index < -0.39 is 10.0 Å². The quantitative estimate of drug-likeness (QED) is 0.674. The van der Waals surface area contributed by atoms with Gasteiger partial charge in [-0.3, -0.25) is 4.79 Å². The van der Waals surface area contributed by atoms with E-state index in [1.807, 2.05) is 20.8 Å². The fraction of sp³-hybridized carbons (Fsp3) is 0.435. The summed E-state index contributed by atoms with van der Waals surface area (Å²) in [5.41, 5.74) is 1.11. The van der Waals surface area contributed by atoms with Crippen LogP contribution < -0.4 is 10.6 Å². The van der Waals surface area contributed by atoms with Crippen LogP contribution in [0.1, 0.15) is 45.2 Å². The Balaban J connectivity index is 1.67. The lowest BCUT2D eigenvalue weighted by Crippen LogP contribution is -2.37. The summed E-state index contributed by atoms with van der Waals surface area (Å²) >= 11 is 0. The Morgan fingerprint density at radius 3 is 2.35 bits per heavy atom. The lowest BCUT2D eigenvalue weighted by Gasteiger charge is -2.32. The van der Waals surface area contributed by atoms with Gasteiger partial charge in [0.05, 0.1) is 11.4 Å². The van der Waals surface area contributed by atoms with Gasteiger partial charge in [-0.05, 0) is 54.2 Å². The molecular formula is C23H30FN3O3S. The van der Waals surface area contributed by atoms with Gasteiger partial charge >= 0.3 is 0 Å². The first-order valence-corrected chi connectivity index (χ1v) is 11.9. The van der Waals surface area contributed by atoms with Crippen molar-refractivity contribution in [1.82, 2.24) is 9.62 Å². The Hall–Kier alpha value is -2.29. The van der Waals surface area contributed by atoms with Crippen molar-refractivity contribution in [2.75, 3.05) is 25.0 Å². The number of nitrogens with zero attached hydrogens (tertiary/aromatic N) is 1. The average Bonchev–Trinajstić information content (AvgIpc) is 3.24. The van der Waals surface area contributed by atoms with Crippen LogP contribution >= 0.6 is 0 Å². The van der Waals surface area contributed by atoms with E-state index in [9.17, 15) is 17.6 Å². The minimum atomic E-state index is -3.55. The summed E-state index contributed by atoms with van der Waals surface area (Å²) in [6.45, 7) is 7.21. The van der Waals surface area contributed by atoms with Crippen molar-refractivity contribution in [1.29, 1.82) is 0 Å². The summed E-state index contributed by atoms with van der Waals surface area (Å²) in [6.07, 6.45) is 1.73. The molecular weight excluding hydrogens is 417 g/mol. The molecule has 1 atom stereocenters. The summed E-state index contributed by atoms with van der Waals surface area (Å²) in [5.74, 6) is -0.593. The van der Waals surface area contributed by atoms with Gasteiger partial charge in [-0.1, -0.05) is 39.0 Å². The van der Waals surface area contributed by atoms with Crippen molar-refractivity contribution < 1.29 is 17.6 Å². The van der Waals surface area contributed by atoms with Gasteiger partial charge in [-0.25, -0.2) is 12.8 Å². The van der Waals surface area contributed by atoms with Crippen molar-refractivity contribution in [3.05, 3.63) is 59.9 Å². The van der Waals surface area contributed by atoms with Crippen molar-refractivity contribution in [2.24, 2.45) is 5.41 Å². The number of carbonyl (C=O) groups is 1. The normalized spacial score (nSPS) is 16.3. The molecule has 1 aliphatic rings. The van der Waals surface area contributed by atoms with Gasteiger partial charge in [0.1, 0.15) is 5.82 Å². The fourth-order valence-corrected chi connectivity index (χ4v) is 5.35. The molecule has 0 bridgehead atoms. The number of amides is 1. The fourth-order valence-electron chi connectivity index (χ4n) is 3.79. The molecule has 31 heavy (non-hydrogen) atoms. The van der Waals surface area contributed by atoms with Gasteiger partial charge in [-0.15, -0.1) is 0 Å². The van der Waals surface area contributed by atoms with Crippen LogP contribution in [0.25, 0.3) is 0 Å². The number of hydrogen-bond acceptors (Lipinski definition) is 4. The second-order valence-electron chi connectivity index (χ2n) is 8.92. The second-order valence-corrected chi connectivity index (χ2v) is 10.9. The van der Waals surface area contributed by atoms with E-state index in [0.29, 0.717) is 18.8 Å². The topological polar surface area (TPSA) is 78.5 Å². The highest BCUT2D eigenvalue weighted by Crippen LogP contribution is 2.32. The van der Waals surface area contributed by atoms with E-state index >= 15 is 0 Å². The van der Waals surface area contributed by atoms with E-state index in [-0.39, 0.29) is 34.6 Å². The van der Waals surface area contributed by atoms with Crippen LogP contribution in [-0.2, 0) is 14.8 Å². The van der Waals surface area contributed by atoms with Crippen LogP contribution in [0.5, 0.6) is 0 Å². The van der Waals surface area contributed by atoms with Crippen molar-refractivity contribution in [2.45, 2.75) is 44.6 Å². The standard InChI is InChI=1S/C23H30FN3O3S/c1-23(2,3)22(17-9-11-18(24)12-10-17)25-16-21(28)26-19-7-6-8-20(15-19)31(29,30)27-13-4-5-14-27/h6-12,15,22,25H,4-5,13-14,16H2,1-3H3,(H,26,28). The molecule has 1 fully saturated rings. The third kappa shape index (κ3) is 5.90. The number of nitrogens with one attached hydrogen (secondary N) is 2. The smallest absolute Gasteiger partial charge is 0.243 e. The number of rotatable bonds is 7. The SMILES string of the molecule is CC(C)(C)C(NCC(=O)Nc1cccc(S(=O)(=O)N2CCCC2)c1)c1ccc(F)cc1. The number of carbonyl (C=O) groups excluding carboxylic acids is 1. The number of sulfonamides is 1. The molecule has 0 spiro atoms. The monoisotopic (exact) mass is 447 g/mol. The molecule has 1 unspecified atom stereocenters. The highest BCUT2D eigenvalue weighted by Gasteiger charge is 2.28. The van der Waals surface area contributed by atoms with Gasteiger partial charge in [0.15, 0.2) is 0 Å². The molecule has 0 saturated carbocycles. The number of hydrogen-bond donors (Lipinski definition) is 2. The second kappa shape index (κ2) is 9.46. The molecule has 0 radical (unpaired) electrons. The Labute approximate surface area is 183 Å². The van der Waals surface area contributed by atoms with Gasteiger partial charge in [-0.2, -0.15) is 4.31 Å². The van der Waals surface area contributed by atoms with E-state index in [4.69, 9.17) is 0 Å². The first-order chi connectivity index (χ1) is 14.6. The number of benzene rings is 2. The zero-order valence-electron chi connectivity index (χ0n) is 18.2. The van der Waals surface area contributed by atoms with Crippen molar-refractivity contribution >= 4 is 21.6 Å². The zero-order valence-corrected chi connectivity index (χ0v) is 19.0. The summed E-state index contributed by atoms with van der Waals surface area (Å²) in [5, 5.41) is 6.01. The molecule has 0 aromatic heterocycles. The molecule has 2 aromatic carbocycles. The molecule has 168 valence electrons. The summed E-state index contributed by atoms with van der Waals surface area (Å²) in [4.78, 5) is 12.7. The van der Waals surface area contributed by atoms with Crippen LogP contribution in [0.4, 0.5) is 10.1 Å². The highest BCUT2D eigenvalue weighted by atomic mass is 32.2.